The zero-order chi connectivity index (χ0) is 19.7. The number of hydrogen-bond acceptors (Lipinski definition) is 5. The molecule has 0 saturated heterocycles. The quantitative estimate of drug-likeness (QED) is 0.674. The van der Waals surface area contributed by atoms with Gasteiger partial charge in [0.25, 0.3) is 10.0 Å². The Morgan fingerprint density at radius 1 is 1.11 bits per heavy atom. The number of anilines is 2. The highest BCUT2D eigenvalue weighted by atomic mass is 32.2. The maximum atomic E-state index is 12.9. The fourth-order valence-corrected chi connectivity index (χ4v) is 3.49. The number of nitrogens with one attached hydrogen (secondary N) is 2. The van der Waals surface area contributed by atoms with Crippen LogP contribution in [0.2, 0.25) is 0 Å². The Kier molecular flexibility index (Phi) is 4.83. The predicted molar refractivity (Wildman–Crippen MR) is 93.7 cm³/mol. The third kappa shape index (κ3) is 4.05. The third-order valence-electron chi connectivity index (χ3n) is 3.69. The van der Waals surface area contributed by atoms with Crippen LogP contribution >= 0.6 is 0 Å². The summed E-state index contributed by atoms with van der Waals surface area (Å²) in [4.78, 5) is 3.49. The number of aromatic nitrogens is 1. The minimum atomic E-state index is -4.65. The molecule has 6 nitrogen and oxygen atoms in total. The van der Waals surface area contributed by atoms with Crippen molar-refractivity contribution in [3.63, 3.8) is 0 Å². The number of alkyl halides is 3. The summed E-state index contributed by atoms with van der Waals surface area (Å²) in [5, 5.41) is 2.90. The molecule has 0 amide bonds. The van der Waals surface area contributed by atoms with Crippen LogP contribution in [0.3, 0.4) is 0 Å². The van der Waals surface area contributed by atoms with Crippen molar-refractivity contribution in [3.8, 4) is 11.5 Å². The Morgan fingerprint density at radius 2 is 1.89 bits per heavy atom. The minimum Gasteiger partial charge on any atom is -0.444 e. The van der Waals surface area contributed by atoms with E-state index in [0.29, 0.717) is 17.3 Å². The molecule has 0 spiro atoms. The summed E-state index contributed by atoms with van der Waals surface area (Å²) in [6.07, 6.45) is -1.93. The predicted octanol–water partition coefficient (Wildman–Crippen LogP) is 4.20. The molecule has 0 fully saturated rings. The fraction of sp³-hybridized carbons (Fsp3) is 0.118. The molecule has 0 unspecified atom stereocenters. The number of oxazole rings is 1. The summed E-state index contributed by atoms with van der Waals surface area (Å²) in [5.74, 6) is 0.161. The van der Waals surface area contributed by atoms with E-state index in [1.807, 2.05) is 0 Å². The normalized spacial score (nSPS) is 12.0. The number of hydrogen-bond donors (Lipinski definition) is 2. The Morgan fingerprint density at radius 3 is 2.52 bits per heavy atom. The summed E-state index contributed by atoms with van der Waals surface area (Å²) >= 11 is 0. The van der Waals surface area contributed by atoms with E-state index in [0.717, 1.165) is 18.2 Å². The van der Waals surface area contributed by atoms with Crippen molar-refractivity contribution in [1.82, 2.24) is 4.98 Å². The molecule has 0 aliphatic heterocycles. The summed E-state index contributed by atoms with van der Waals surface area (Å²) < 4.78 is 71.4. The van der Waals surface area contributed by atoms with Crippen molar-refractivity contribution in [2.45, 2.75) is 11.1 Å². The van der Waals surface area contributed by atoms with Gasteiger partial charge in [0.2, 0.25) is 5.89 Å². The van der Waals surface area contributed by atoms with Crippen LogP contribution in [0.4, 0.5) is 24.5 Å². The lowest BCUT2D eigenvalue weighted by Crippen LogP contribution is -2.15. The van der Waals surface area contributed by atoms with E-state index in [9.17, 15) is 21.6 Å². The third-order valence-corrected chi connectivity index (χ3v) is 5.05. The molecular weight excluding hydrogens is 383 g/mol. The molecular formula is C17H14F3N3O3S. The van der Waals surface area contributed by atoms with Crippen molar-refractivity contribution in [2.24, 2.45) is 0 Å². The van der Waals surface area contributed by atoms with Gasteiger partial charge in [-0.1, -0.05) is 6.07 Å². The zero-order valence-electron chi connectivity index (χ0n) is 13.9. The molecule has 142 valence electrons. The Bertz CT molecular complexity index is 1050. The summed E-state index contributed by atoms with van der Waals surface area (Å²) in [6, 6.07) is 8.19. The molecule has 1 aromatic heterocycles. The van der Waals surface area contributed by atoms with Gasteiger partial charge < -0.3 is 9.73 Å². The van der Waals surface area contributed by atoms with Crippen molar-refractivity contribution in [2.75, 3.05) is 17.1 Å². The lowest BCUT2D eigenvalue weighted by Gasteiger charge is -2.14. The highest BCUT2D eigenvalue weighted by Crippen LogP contribution is 2.33. The van der Waals surface area contributed by atoms with Crippen molar-refractivity contribution in [3.05, 3.63) is 60.5 Å². The van der Waals surface area contributed by atoms with Gasteiger partial charge in [-0.25, -0.2) is 13.4 Å². The fourth-order valence-electron chi connectivity index (χ4n) is 2.37. The first-order chi connectivity index (χ1) is 12.7. The van der Waals surface area contributed by atoms with Crippen LogP contribution in [0.5, 0.6) is 0 Å². The molecule has 0 aliphatic carbocycles. The van der Waals surface area contributed by atoms with Gasteiger partial charge in [0.15, 0.2) is 0 Å². The molecule has 1 heterocycles. The Labute approximate surface area is 153 Å². The van der Waals surface area contributed by atoms with Crippen LogP contribution in [0.1, 0.15) is 5.56 Å². The average molecular weight is 397 g/mol. The van der Waals surface area contributed by atoms with Crippen molar-refractivity contribution in [1.29, 1.82) is 0 Å². The van der Waals surface area contributed by atoms with Crippen molar-refractivity contribution >= 4 is 21.4 Å². The van der Waals surface area contributed by atoms with Gasteiger partial charge >= 0.3 is 6.18 Å². The maximum absolute atomic E-state index is 12.9. The van der Waals surface area contributed by atoms with E-state index in [4.69, 9.17) is 4.42 Å². The number of nitrogens with zero attached hydrogens (tertiary/aromatic N) is 1. The van der Waals surface area contributed by atoms with E-state index in [-0.39, 0.29) is 11.6 Å². The van der Waals surface area contributed by atoms with Crippen LogP contribution in [0, 0.1) is 0 Å². The average Bonchev–Trinajstić information content (AvgIpc) is 3.16. The maximum Gasteiger partial charge on any atom is 0.416 e. The number of halogens is 3. The van der Waals surface area contributed by atoms with Crippen LogP contribution in [-0.4, -0.2) is 20.4 Å². The summed E-state index contributed by atoms with van der Waals surface area (Å²) in [5.41, 5.74) is 0.0744. The van der Waals surface area contributed by atoms with Gasteiger partial charge in [0, 0.05) is 12.7 Å². The van der Waals surface area contributed by atoms with Crippen LogP contribution in [-0.2, 0) is 16.2 Å². The second kappa shape index (κ2) is 6.95. The number of benzene rings is 2. The minimum absolute atomic E-state index is 0.119. The largest absolute Gasteiger partial charge is 0.444 e. The smallest absolute Gasteiger partial charge is 0.416 e. The van der Waals surface area contributed by atoms with E-state index in [1.54, 1.807) is 19.2 Å². The van der Waals surface area contributed by atoms with Gasteiger partial charge in [-0.05, 0) is 36.4 Å². The number of sulfonamides is 1. The van der Waals surface area contributed by atoms with E-state index in [2.05, 4.69) is 15.0 Å². The molecule has 2 N–H and O–H groups in total. The molecule has 3 aromatic rings. The van der Waals surface area contributed by atoms with Gasteiger partial charge in [-0.2, -0.15) is 13.2 Å². The number of rotatable bonds is 5. The molecule has 3 rings (SSSR count). The second-order valence-corrected chi connectivity index (χ2v) is 7.16. The first-order valence-corrected chi connectivity index (χ1v) is 9.11. The topological polar surface area (TPSA) is 84.2 Å². The monoisotopic (exact) mass is 397 g/mol. The molecule has 27 heavy (non-hydrogen) atoms. The molecule has 0 radical (unpaired) electrons. The van der Waals surface area contributed by atoms with E-state index in [1.165, 1.54) is 18.5 Å². The molecule has 0 aliphatic rings. The van der Waals surface area contributed by atoms with E-state index < -0.39 is 26.7 Å². The first kappa shape index (κ1) is 18.8. The Hall–Kier alpha value is -3.01. The SMILES string of the molecule is CNc1ccc(NS(=O)(=O)c2cccc(C(F)(F)F)c2)c(-c2ncco2)c1. The second-order valence-electron chi connectivity index (χ2n) is 5.48. The lowest BCUT2D eigenvalue weighted by molar-refractivity contribution is -0.137. The van der Waals surface area contributed by atoms with E-state index >= 15 is 0 Å². The lowest BCUT2D eigenvalue weighted by atomic mass is 10.1. The Balaban J connectivity index is 2.02. The highest BCUT2D eigenvalue weighted by molar-refractivity contribution is 7.92. The molecule has 0 bridgehead atoms. The van der Waals surface area contributed by atoms with Gasteiger partial charge in [-0.15, -0.1) is 0 Å². The first-order valence-electron chi connectivity index (χ1n) is 7.62. The highest BCUT2D eigenvalue weighted by Gasteiger charge is 2.31. The standard InChI is InChI=1S/C17H14F3N3O3S/c1-21-12-5-6-15(14(10-12)16-22-7-8-26-16)23-27(24,25)13-4-2-3-11(9-13)17(18,19)20/h2-10,21,23H,1H3. The molecule has 0 atom stereocenters. The van der Waals surface area contributed by atoms with Gasteiger partial charge in [-0.3, -0.25) is 4.72 Å². The van der Waals surface area contributed by atoms with Crippen LogP contribution in [0.25, 0.3) is 11.5 Å². The van der Waals surface area contributed by atoms with Gasteiger partial charge in [0.1, 0.15) is 6.26 Å². The van der Waals surface area contributed by atoms with Crippen molar-refractivity contribution < 1.29 is 26.0 Å². The molecule has 2 aromatic carbocycles. The van der Waals surface area contributed by atoms with Gasteiger partial charge in [0.05, 0.1) is 27.9 Å². The summed E-state index contributed by atoms with van der Waals surface area (Å²) in [6.45, 7) is 0. The summed E-state index contributed by atoms with van der Waals surface area (Å²) in [7, 11) is -2.59. The van der Waals surface area contributed by atoms with Crippen LogP contribution in [0.15, 0.2) is 64.2 Å². The molecule has 10 heteroatoms. The molecule has 0 saturated carbocycles. The van der Waals surface area contributed by atoms with Crippen LogP contribution < -0.4 is 10.0 Å². The zero-order valence-corrected chi connectivity index (χ0v) is 14.7.